The highest BCUT2D eigenvalue weighted by Gasteiger charge is 2.37. The van der Waals surface area contributed by atoms with Crippen molar-refractivity contribution in [3.05, 3.63) is 53.6 Å². The van der Waals surface area contributed by atoms with Crippen molar-refractivity contribution in [1.82, 2.24) is 0 Å². The second-order valence-electron chi connectivity index (χ2n) is 5.10. The van der Waals surface area contributed by atoms with Crippen molar-refractivity contribution in [1.29, 1.82) is 0 Å². The Bertz CT molecular complexity index is 882. The number of hydrogen-bond acceptors (Lipinski definition) is 2. The average Bonchev–Trinajstić information content (AvgIpc) is 2.53. The van der Waals surface area contributed by atoms with Crippen molar-refractivity contribution >= 4 is 9.84 Å². The first-order valence-corrected chi connectivity index (χ1v) is 8.55. The molecule has 1 radical (unpaired) electrons. The Balaban J connectivity index is 2.67. The molecule has 0 saturated carbocycles. The molecular weight excluding hydrogens is 370 g/mol. The SMILES string of the molecule is CCS(=O)(=O)c1ccc(-c2[c]ccc(C(F)(F)F)c2)cc1C(F)(F)F. The van der Waals surface area contributed by atoms with Gasteiger partial charge in [0.25, 0.3) is 0 Å². The highest BCUT2D eigenvalue weighted by Crippen LogP contribution is 2.38. The molecule has 2 aromatic carbocycles. The van der Waals surface area contributed by atoms with Crippen molar-refractivity contribution in [2.45, 2.75) is 24.2 Å². The van der Waals surface area contributed by atoms with Crippen molar-refractivity contribution in [2.24, 2.45) is 0 Å². The minimum Gasteiger partial charge on any atom is -0.224 e. The van der Waals surface area contributed by atoms with Gasteiger partial charge in [0, 0.05) is 0 Å². The lowest BCUT2D eigenvalue weighted by Crippen LogP contribution is -2.14. The van der Waals surface area contributed by atoms with Crippen LogP contribution in [0, 0.1) is 6.07 Å². The van der Waals surface area contributed by atoms with E-state index in [4.69, 9.17) is 0 Å². The van der Waals surface area contributed by atoms with Gasteiger partial charge in [-0.2, -0.15) is 26.3 Å². The first-order chi connectivity index (χ1) is 11.4. The lowest BCUT2D eigenvalue weighted by molar-refractivity contribution is -0.140. The lowest BCUT2D eigenvalue weighted by Gasteiger charge is -2.15. The van der Waals surface area contributed by atoms with Gasteiger partial charge in [-0.1, -0.05) is 19.1 Å². The molecule has 0 aliphatic heterocycles. The number of halogens is 6. The van der Waals surface area contributed by atoms with E-state index in [-0.39, 0.29) is 11.1 Å². The first-order valence-electron chi connectivity index (χ1n) is 6.89. The molecule has 0 aliphatic rings. The Labute approximate surface area is 140 Å². The third kappa shape index (κ3) is 4.15. The lowest BCUT2D eigenvalue weighted by atomic mass is 10.0. The summed E-state index contributed by atoms with van der Waals surface area (Å²) in [7, 11) is -4.15. The van der Waals surface area contributed by atoms with Gasteiger partial charge < -0.3 is 0 Å². The quantitative estimate of drug-likeness (QED) is 0.703. The van der Waals surface area contributed by atoms with Gasteiger partial charge in [-0.25, -0.2) is 8.42 Å². The van der Waals surface area contributed by atoms with Crippen LogP contribution in [-0.2, 0) is 22.2 Å². The highest BCUT2D eigenvalue weighted by molar-refractivity contribution is 7.91. The highest BCUT2D eigenvalue weighted by atomic mass is 32.2. The maximum Gasteiger partial charge on any atom is 0.417 e. The molecule has 2 aromatic rings. The molecule has 0 atom stereocenters. The molecule has 2 rings (SSSR count). The number of alkyl halides is 6. The molecule has 0 aromatic heterocycles. The summed E-state index contributed by atoms with van der Waals surface area (Å²) in [6.07, 6.45) is -9.64. The van der Waals surface area contributed by atoms with Crippen LogP contribution in [0.4, 0.5) is 26.3 Å². The summed E-state index contributed by atoms with van der Waals surface area (Å²) in [6.45, 7) is 1.20. The average molecular weight is 381 g/mol. The fraction of sp³-hybridized carbons (Fsp3) is 0.250. The van der Waals surface area contributed by atoms with E-state index >= 15 is 0 Å². The maximum absolute atomic E-state index is 13.2. The molecule has 0 spiro atoms. The molecule has 9 heteroatoms. The molecule has 0 fully saturated rings. The van der Waals surface area contributed by atoms with Crippen molar-refractivity contribution in [2.75, 3.05) is 5.75 Å². The molecule has 25 heavy (non-hydrogen) atoms. The van der Waals surface area contributed by atoms with Gasteiger partial charge in [0.05, 0.1) is 21.8 Å². The van der Waals surface area contributed by atoms with Crippen molar-refractivity contribution < 1.29 is 34.8 Å². The van der Waals surface area contributed by atoms with E-state index in [1.807, 2.05) is 0 Å². The Hall–Kier alpha value is -2.03. The van der Waals surface area contributed by atoms with Crippen LogP contribution in [0.2, 0.25) is 0 Å². The summed E-state index contributed by atoms with van der Waals surface area (Å²) < 4.78 is 102. The third-order valence-corrected chi connectivity index (χ3v) is 5.23. The zero-order chi connectivity index (χ0) is 19.0. The fourth-order valence-electron chi connectivity index (χ4n) is 2.16. The minimum atomic E-state index is -4.98. The van der Waals surface area contributed by atoms with Crippen LogP contribution in [0.15, 0.2) is 41.3 Å². The molecule has 0 N–H and O–H groups in total. The molecule has 2 nitrogen and oxygen atoms in total. The second-order valence-corrected chi connectivity index (χ2v) is 7.35. The van der Waals surface area contributed by atoms with E-state index in [1.165, 1.54) is 6.92 Å². The van der Waals surface area contributed by atoms with E-state index in [0.717, 1.165) is 24.3 Å². The van der Waals surface area contributed by atoms with Gasteiger partial charge in [0.2, 0.25) is 0 Å². The summed E-state index contributed by atoms with van der Waals surface area (Å²) in [4.78, 5) is -0.904. The Morgan fingerprint density at radius 1 is 0.960 bits per heavy atom. The van der Waals surface area contributed by atoms with Crippen LogP contribution >= 0.6 is 0 Å². The Morgan fingerprint density at radius 2 is 1.60 bits per heavy atom. The van der Waals surface area contributed by atoms with Crippen molar-refractivity contribution in [3.63, 3.8) is 0 Å². The molecule has 0 saturated heterocycles. The third-order valence-electron chi connectivity index (χ3n) is 3.44. The molecule has 0 unspecified atom stereocenters. The van der Waals surface area contributed by atoms with Crippen LogP contribution in [0.1, 0.15) is 18.1 Å². The van der Waals surface area contributed by atoms with Gasteiger partial charge in [-0.15, -0.1) is 0 Å². The first kappa shape index (κ1) is 19.3. The normalized spacial score (nSPS) is 13.1. The van der Waals surface area contributed by atoms with E-state index in [2.05, 4.69) is 6.07 Å². The smallest absolute Gasteiger partial charge is 0.224 e. The predicted molar refractivity (Wildman–Crippen MR) is 78.4 cm³/mol. The largest absolute Gasteiger partial charge is 0.417 e. The molecule has 0 aliphatic carbocycles. The van der Waals surface area contributed by atoms with E-state index in [1.54, 1.807) is 0 Å². The maximum atomic E-state index is 13.2. The van der Waals surface area contributed by atoms with Gasteiger partial charge in [0.15, 0.2) is 9.84 Å². The molecule has 0 heterocycles. The summed E-state index contributed by atoms with van der Waals surface area (Å²) in [5.74, 6) is -0.537. The van der Waals surface area contributed by atoms with Gasteiger partial charge >= 0.3 is 12.4 Å². The van der Waals surface area contributed by atoms with Crippen molar-refractivity contribution in [3.8, 4) is 11.1 Å². The van der Waals surface area contributed by atoms with E-state index in [9.17, 15) is 34.8 Å². The van der Waals surface area contributed by atoms with Crippen LogP contribution in [0.5, 0.6) is 0 Å². The molecule has 0 bridgehead atoms. The Kier molecular flexibility index (Phi) is 4.91. The van der Waals surface area contributed by atoms with Crippen LogP contribution in [-0.4, -0.2) is 14.2 Å². The van der Waals surface area contributed by atoms with Gasteiger partial charge in [-0.05, 0) is 41.5 Å². The minimum absolute atomic E-state index is 0.214. The summed E-state index contributed by atoms with van der Waals surface area (Å²) in [5.41, 5.74) is -2.90. The fourth-order valence-corrected chi connectivity index (χ4v) is 3.25. The van der Waals surface area contributed by atoms with E-state index < -0.39 is 44.0 Å². The zero-order valence-corrected chi connectivity index (χ0v) is 13.5. The Morgan fingerprint density at radius 3 is 2.12 bits per heavy atom. The number of sulfone groups is 1. The van der Waals surface area contributed by atoms with Gasteiger partial charge in [-0.3, -0.25) is 0 Å². The molecule has 0 amide bonds. The molecular formula is C16H11F6O2S. The van der Waals surface area contributed by atoms with Crippen LogP contribution in [0.3, 0.4) is 0 Å². The monoisotopic (exact) mass is 381 g/mol. The summed E-state index contributed by atoms with van der Waals surface area (Å²) in [6, 6.07) is 7.08. The number of benzene rings is 2. The topological polar surface area (TPSA) is 34.1 Å². The number of hydrogen-bond donors (Lipinski definition) is 0. The standard InChI is InChI=1S/C16H11F6O2S/c1-2-25(23,24)14-7-6-11(9-13(14)16(20,21)22)10-4-3-5-12(8-10)15(17,18)19/h3,5-9H,2H2,1H3. The summed E-state index contributed by atoms with van der Waals surface area (Å²) in [5, 5.41) is 0. The second kappa shape index (κ2) is 6.36. The molecule has 135 valence electrons. The predicted octanol–water partition coefficient (Wildman–Crippen LogP) is 4.98. The number of rotatable bonds is 3. The zero-order valence-electron chi connectivity index (χ0n) is 12.7. The van der Waals surface area contributed by atoms with Gasteiger partial charge in [0.1, 0.15) is 0 Å². The van der Waals surface area contributed by atoms with Crippen LogP contribution in [0.25, 0.3) is 11.1 Å². The van der Waals surface area contributed by atoms with E-state index in [0.29, 0.717) is 12.1 Å². The van der Waals surface area contributed by atoms with Crippen LogP contribution < -0.4 is 0 Å². The summed E-state index contributed by atoms with van der Waals surface area (Å²) >= 11 is 0.